The third-order valence-electron chi connectivity index (χ3n) is 3.76. The Morgan fingerprint density at radius 3 is 2.18 bits per heavy atom. The fourth-order valence-corrected chi connectivity index (χ4v) is 3.97. The number of phenolic OH excluding ortho intramolecular Hbond substituents is 1. The van der Waals surface area contributed by atoms with E-state index in [9.17, 15) is 26.7 Å². The number of ether oxygens (including phenoxy) is 1. The SMILES string of the molecule is O=S(=O)(c1ccccc1)c1ccc(Oc2ccc(C(F)(F)F)cc2Cl)cc1O. The highest BCUT2D eigenvalue weighted by molar-refractivity contribution is 7.91. The third-order valence-corrected chi connectivity index (χ3v) is 5.87. The lowest BCUT2D eigenvalue weighted by atomic mass is 10.2. The number of benzene rings is 3. The fourth-order valence-electron chi connectivity index (χ4n) is 2.40. The first-order chi connectivity index (χ1) is 13.1. The summed E-state index contributed by atoms with van der Waals surface area (Å²) in [6, 6.07) is 13.5. The summed E-state index contributed by atoms with van der Waals surface area (Å²) in [5.41, 5.74) is -0.933. The van der Waals surface area contributed by atoms with Crippen molar-refractivity contribution in [2.24, 2.45) is 0 Å². The average Bonchev–Trinajstić information content (AvgIpc) is 2.63. The van der Waals surface area contributed by atoms with Crippen LogP contribution in [0.2, 0.25) is 5.02 Å². The number of rotatable bonds is 4. The van der Waals surface area contributed by atoms with Crippen molar-refractivity contribution in [1.29, 1.82) is 0 Å². The maximum Gasteiger partial charge on any atom is 0.416 e. The Bertz CT molecular complexity index is 1110. The number of halogens is 4. The molecule has 0 bridgehead atoms. The molecule has 0 saturated carbocycles. The van der Waals surface area contributed by atoms with Crippen molar-refractivity contribution in [2.75, 3.05) is 0 Å². The summed E-state index contributed by atoms with van der Waals surface area (Å²) in [6.45, 7) is 0. The fraction of sp³-hybridized carbons (Fsp3) is 0.0526. The monoisotopic (exact) mass is 428 g/mol. The molecule has 3 aromatic carbocycles. The van der Waals surface area contributed by atoms with Crippen molar-refractivity contribution in [3.8, 4) is 17.2 Å². The molecule has 28 heavy (non-hydrogen) atoms. The van der Waals surface area contributed by atoms with Gasteiger partial charge >= 0.3 is 6.18 Å². The molecule has 0 saturated heterocycles. The van der Waals surface area contributed by atoms with Gasteiger partial charge in [-0.2, -0.15) is 13.2 Å². The van der Waals surface area contributed by atoms with E-state index in [-0.39, 0.29) is 26.3 Å². The molecule has 0 amide bonds. The van der Waals surface area contributed by atoms with Crippen LogP contribution in [-0.4, -0.2) is 13.5 Å². The van der Waals surface area contributed by atoms with E-state index in [4.69, 9.17) is 16.3 Å². The molecule has 1 N–H and O–H groups in total. The van der Waals surface area contributed by atoms with E-state index in [1.165, 1.54) is 18.2 Å². The van der Waals surface area contributed by atoms with E-state index in [1.807, 2.05) is 0 Å². The van der Waals surface area contributed by atoms with Crippen LogP contribution < -0.4 is 4.74 Å². The quantitative estimate of drug-likeness (QED) is 0.580. The van der Waals surface area contributed by atoms with Crippen molar-refractivity contribution in [1.82, 2.24) is 0 Å². The van der Waals surface area contributed by atoms with Gasteiger partial charge in [-0.25, -0.2) is 8.42 Å². The molecule has 4 nitrogen and oxygen atoms in total. The zero-order chi connectivity index (χ0) is 20.5. The summed E-state index contributed by atoms with van der Waals surface area (Å²) in [6.07, 6.45) is -4.55. The molecule has 0 unspecified atom stereocenters. The Labute approximate surface area is 163 Å². The van der Waals surface area contributed by atoms with Crippen LogP contribution in [0.5, 0.6) is 17.2 Å². The van der Waals surface area contributed by atoms with E-state index in [0.29, 0.717) is 6.07 Å². The van der Waals surface area contributed by atoms with Crippen LogP contribution in [0.3, 0.4) is 0 Å². The van der Waals surface area contributed by atoms with E-state index < -0.39 is 27.3 Å². The number of hydrogen-bond donors (Lipinski definition) is 1. The molecule has 0 aromatic heterocycles. The van der Waals surface area contributed by atoms with Gasteiger partial charge in [0.1, 0.15) is 22.1 Å². The van der Waals surface area contributed by atoms with Gasteiger partial charge in [0.05, 0.1) is 15.5 Å². The minimum Gasteiger partial charge on any atom is -0.506 e. The second-order valence-corrected chi connectivity index (χ2v) is 8.02. The first kappa shape index (κ1) is 20.0. The molecular weight excluding hydrogens is 417 g/mol. The van der Waals surface area contributed by atoms with Crippen molar-refractivity contribution >= 4 is 21.4 Å². The largest absolute Gasteiger partial charge is 0.506 e. The van der Waals surface area contributed by atoms with Crippen LogP contribution >= 0.6 is 11.6 Å². The molecule has 0 spiro atoms. The normalized spacial score (nSPS) is 12.0. The van der Waals surface area contributed by atoms with Gasteiger partial charge in [0.15, 0.2) is 0 Å². The summed E-state index contributed by atoms with van der Waals surface area (Å²) in [4.78, 5) is -0.325. The van der Waals surface area contributed by atoms with Gasteiger partial charge in [-0.3, -0.25) is 0 Å². The summed E-state index contributed by atoms with van der Waals surface area (Å²) in [7, 11) is -3.95. The van der Waals surface area contributed by atoms with Gasteiger partial charge in [-0.15, -0.1) is 0 Å². The molecule has 0 fully saturated rings. The van der Waals surface area contributed by atoms with E-state index in [1.54, 1.807) is 18.2 Å². The number of alkyl halides is 3. The molecule has 0 aliphatic carbocycles. The van der Waals surface area contributed by atoms with Crippen LogP contribution in [0.15, 0.2) is 76.5 Å². The summed E-state index contributed by atoms with van der Waals surface area (Å²) < 4.78 is 68.6. The Kier molecular flexibility index (Phi) is 5.27. The highest BCUT2D eigenvalue weighted by atomic mass is 35.5. The van der Waals surface area contributed by atoms with Gasteiger partial charge in [0.2, 0.25) is 9.84 Å². The highest BCUT2D eigenvalue weighted by Gasteiger charge is 2.31. The predicted molar refractivity (Wildman–Crippen MR) is 96.5 cm³/mol. The molecule has 146 valence electrons. The molecule has 0 radical (unpaired) electrons. The number of aromatic hydroxyl groups is 1. The topological polar surface area (TPSA) is 63.6 Å². The standard InChI is InChI=1S/C19H12ClF3O4S/c20-15-10-12(19(21,22)23)6-8-17(15)27-13-7-9-18(16(24)11-13)28(25,26)14-4-2-1-3-5-14/h1-11,24H. The second-order valence-electron chi connectivity index (χ2n) is 5.69. The zero-order valence-corrected chi connectivity index (χ0v) is 15.5. The zero-order valence-electron chi connectivity index (χ0n) is 13.9. The summed E-state index contributed by atoms with van der Waals surface area (Å²) in [5.74, 6) is -0.636. The Morgan fingerprint density at radius 1 is 0.929 bits per heavy atom. The van der Waals surface area contributed by atoms with Crippen molar-refractivity contribution in [3.63, 3.8) is 0 Å². The highest BCUT2D eigenvalue weighted by Crippen LogP contribution is 2.38. The van der Waals surface area contributed by atoms with Gasteiger partial charge < -0.3 is 9.84 Å². The molecule has 0 atom stereocenters. The Hall–Kier alpha value is -2.71. The number of hydrogen-bond acceptors (Lipinski definition) is 4. The maximum atomic E-state index is 12.7. The lowest BCUT2D eigenvalue weighted by molar-refractivity contribution is -0.137. The molecular formula is C19H12ClF3O4S. The van der Waals surface area contributed by atoms with E-state index in [2.05, 4.69) is 0 Å². The van der Waals surface area contributed by atoms with Crippen LogP contribution in [0.25, 0.3) is 0 Å². The molecule has 3 aromatic rings. The lowest BCUT2D eigenvalue weighted by Crippen LogP contribution is -2.04. The molecule has 0 heterocycles. The molecule has 0 aliphatic heterocycles. The van der Waals surface area contributed by atoms with Gasteiger partial charge in [-0.05, 0) is 42.5 Å². The first-order valence-electron chi connectivity index (χ1n) is 7.77. The predicted octanol–water partition coefficient (Wildman–Crippen LogP) is 5.69. The minimum atomic E-state index is -4.55. The van der Waals surface area contributed by atoms with Crippen LogP contribution in [0.1, 0.15) is 5.56 Å². The Balaban J connectivity index is 1.90. The molecule has 3 rings (SSSR count). The van der Waals surface area contributed by atoms with Gasteiger partial charge in [0, 0.05) is 6.07 Å². The average molecular weight is 429 g/mol. The smallest absolute Gasteiger partial charge is 0.416 e. The van der Waals surface area contributed by atoms with Crippen LogP contribution in [0.4, 0.5) is 13.2 Å². The lowest BCUT2D eigenvalue weighted by Gasteiger charge is -2.12. The van der Waals surface area contributed by atoms with Crippen molar-refractivity contribution < 1.29 is 31.4 Å². The van der Waals surface area contributed by atoms with E-state index in [0.717, 1.165) is 24.3 Å². The van der Waals surface area contributed by atoms with Gasteiger partial charge in [-0.1, -0.05) is 29.8 Å². The summed E-state index contributed by atoms with van der Waals surface area (Å²) >= 11 is 5.83. The first-order valence-corrected chi connectivity index (χ1v) is 9.63. The number of sulfone groups is 1. The van der Waals surface area contributed by atoms with Crippen molar-refractivity contribution in [3.05, 3.63) is 77.3 Å². The molecule has 0 aliphatic rings. The van der Waals surface area contributed by atoms with E-state index >= 15 is 0 Å². The maximum absolute atomic E-state index is 12.7. The summed E-state index contributed by atoms with van der Waals surface area (Å²) in [5, 5.41) is 9.86. The second kappa shape index (κ2) is 7.37. The van der Waals surface area contributed by atoms with Crippen molar-refractivity contribution in [2.45, 2.75) is 16.0 Å². The molecule has 9 heteroatoms. The number of phenols is 1. The Morgan fingerprint density at radius 2 is 1.61 bits per heavy atom. The minimum absolute atomic E-state index is 0.00440. The van der Waals surface area contributed by atoms with Crippen LogP contribution in [0, 0.1) is 0 Å². The van der Waals surface area contributed by atoms with Gasteiger partial charge in [0.25, 0.3) is 0 Å². The third kappa shape index (κ3) is 4.07. The van der Waals surface area contributed by atoms with Crippen LogP contribution in [-0.2, 0) is 16.0 Å².